The molecule has 2 N–H and O–H groups in total. The van der Waals surface area contributed by atoms with Gasteiger partial charge in [0, 0.05) is 11.9 Å². The minimum Gasteiger partial charge on any atom is -0.325 e. The Balaban J connectivity index is 2.56. The molecule has 0 fully saturated rings. The van der Waals surface area contributed by atoms with Crippen LogP contribution in [0.2, 0.25) is 0 Å². The van der Waals surface area contributed by atoms with Crippen LogP contribution in [0.15, 0.2) is 30.5 Å². The summed E-state index contributed by atoms with van der Waals surface area (Å²) < 4.78 is 2.14. The highest BCUT2D eigenvalue weighted by Crippen LogP contribution is 2.23. The highest BCUT2D eigenvalue weighted by atomic mass is 15.0. The third-order valence-corrected chi connectivity index (χ3v) is 3.23. The lowest BCUT2D eigenvalue weighted by Crippen LogP contribution is -2.02. The molecule has 3 heteroatoms. The van der Waals surface area contributed by atoms with Crippen LogP contribution in [0.5, 0.6) is 0 Å². The summed E-state index contributed by atoms with van der Waals surface area (Å²) in [5.74, 6) is 0. The normalized spacial score (nSPS) is 11.5. The van der Waals surface area contributed by atoms with Gasteiger partial charge in [-0.15, -0.1) is 0 Å². The number of benzene rings is 1. The first kappa shape index (κ1) is 10.3. The van der Waals surface area contributed by atoms with Crippen LogP contribution in [0.25, 0.3) is 16.6 Å². The van der Waals surface area contributed by atoms with Crippen molar-refractivity contribution >= 4 is 16.6 Å². The molecular formula is C14H15N3. The fourth-order valence-electron chi connectivity index (χ4n) is 2.36. The van der Waals surface area contributed by atoms with Crippen LogP contribution in [0.1, 0.15) is 16.8 Å². The molecule has 3 nitrogen and oxygen atoms in total. The molecular weight excluding hydrogens is 210 g/mol. The fourth-order valence-corrected chi connectivity index (χ4v) is 2.36. The first-order valence-corrected chi connectivity index (χ1v) is 5.77. The lowest BCUT2D eigenvalue weighted by atomic mass is 10.1. The number of imidazole rings is 1. The van der Waals surface area contributed by atoms with Crippen molar-refractivity contribution in [3.63, 3.8) is 0 Å². The van der Waals surface area contributed by atoms with Gasteiger partial charge in [-0.1, -0.05) is 11.6 Å². The predicted molar refractivity (Wildman–Crippen MR) is 70.1 cm³/mol. The summed E-state index contributed by atoms with van der Waals surface area (Å²) in [4.78, 5) is 4.41. The Hall–Kier alpha value is -1.87. The quantitative estimate of drug-likeness (QED) is 0.691. The number of aryl methyl sites for hydroxylation is 2. The van der Waals surface area contributed by atoms with E-state index in [1.807, 2.05) is 6.20 Å². The molecule has 0 radical (unpaired) electrons. The smallest absolute Gasteiger partial charge is 0.137 e. The molecule has 0 atom stereocenters. The average Bonchev–Trinajstić information content (AvgIpc) is 2.72. The van der Waals surface area contributed by atoms with E-state index < -0.39 is 0 Å². The number of fused-ring (bicyclic) bond motifs is 3. The monoisotopic (exact) mass is 225 g/mol. The van der Waals surface area contributed by atoms with E-state index in [0.29, 0.717) is 6.54 Å². The molecule has 0 aliphatic heterocycles. The zero-order chi connectivity index (χ0) is 12.0. The van der Waals surface area contributed by atoms with Crippen molar-refractivity contribution in [3.8, 4) is 0 Å². The second-order valence-electron chi connectivity index (χ2n) is 4.50. The number of aromatic nitrogens is 2. The van der Waals surface area contributed by atoms with Crippen molar-refractivity contribution in [2.24, 2.45) is 5.73 Å². The molecule has 86 valence electrons. The Labute approximate surface area is 99.9 Å². The second-order valence-corrected chi connectivity index (χ2v) is 4.50. The standard InChI is InChI=1S/C14H15N3/c1-9-3-4-13-12(5-9)10(2)6-14-16-8-11(7-15)17(13)14/h3-6,8H,7,15H2,1-2H3. The van der Waals surface area contributed by atoms with Crippen LogP contribution in [0, 0.1) is 13.8 Å². The molecule has 2 heterocycles. The van der Waals surface area contributed by atoms with Gasteiger partial charge in [-0.05, 0) is 37.6 Å². The van der Waals surface area contributed by atoms with E-state index in [1.165, 1.54) is 22.0 Å². The average molecular weight is 225 g/mol. The molecule has 1 aromatic carbocycles. The minimum atomic E-state index is 0.507. The zero-order valence-corrected chi connectivity index (χ0v) is 10.1. The molecule has 2 aromatic heterocycles. The lowest BCUT2D eigenvalue weighted by molar-refractivity contribution is 0.978. The topological polar surface area (TPSA) is 43.3 Å². The van der Waals surface area contributed by atoms with Crippen molar-refractivity contribution < 1.29 is 0 Å². The Morgan fingerprint density at radius 2 is 2.06 bits per heavy atom. The van der Waals surface area contributed by atoms with Gasteiger partial charge in [-0.2, -0.15) is 0 Å². The predicted octanol–water partition coefficient (Wildman–Crippen LogP) is 2.56. The summed E-state index contributed by atoms with van der Waals surface area (Å²) in [5.41, 5.74) is 11.5. The molecule has 17 heavy (non-hydrogen) atoms. The Bertz CT molecular complexity index is 710. The van der Waals surface area contributed by atoms with E-state index in [-0.39, 0.29) is 0 Å². The van der Waals surface area contributed by atoms with Gasteiger partial charge in [0.1, 0.15) is 5.65 Å². The highest BCUT2D eigenvalue weighted by molar-refractivity contribution is 5.86. The van der Waals surface area contributed by atoms with E-state index in [9.17, 15) is 0 Å². The van der Waals surface area contributed by atoms with Crippen LogP contribution in [0.3, 0.4) is 0 Å². The summed E-state index contributed by atoms with van der Waals surface area (Å²) >= 11 is 0. The van der Waals surface area contributed by atoms with Gasteiger partial charge in [0.15, 0.2) is 0 Å². The summed E-state index contributed by atoms with van der Waals surface area (Å²) in [7, 11) is 0. The molecule has 0 saturated heterocycles. The Morgan fingerprint density at radius 1 is 1.24 bits per heavy atom. The van der Waals surface area contributed by atoms with Gasteiger partial charge in [0.05, 0.1) is 17.4 Å². The minimum absolute atomic E-state index is 0.507. The summed E-state index contributed by atoms with van der Waals surface area (Å²) in [5, 5.41) is 1.27. The zero-order valence-electron chi connectivity index (χ0n) is 10.1. The van der Waals surface area contributed by atoms with Gasteiger partial charge in [-0.3, -0.25) is 4.40 Å². The lowest BCUT2D eigenvalue weighted by Gasteiger charge is -2.08. The van der Waals surface area contributed by atoms with Crippen LogP contribution < -0.4 is 5.73 Å². The largest absolute Gasteiger partial charge is 0.325 e. The number of nitrogens with zero attached hydrogens (tertiary/aromatic N) is 2. The molecule has 0 aliphatic rings. The van der Waals surface area contributed by atoms with Gasteiger partial charge in [0.25, 0.3) is 0 Å². The molecule has 0 saturated carbocycles. The first-order valence-electron chi connectivity index (χ1n) is 5.77. The number of rotatable bonds is 1. The maximum absolute atomic E-state index is 5.76. The highest BCUT2D eigenvalue weighted by Gasteiger charge is 2.08. The van der Waals surface area contributed by atoms with Gasteiger partial charge in [0.2, 0.25) is 0 Å². The van der Waals surface area contributed by atoms with Crippen LogP contribution >= 0.6 is 0 Å². The second kappa shape index (κ2) is 3.57. The molecule has 0 aliphatic carbocycles. The van der Waals surface area contributed by atoms with Gasteiger partial charge < -0.3 is 5.73 Å². The van der Waals surface area contributed by atoms with Crippen LogP contribution in [-0.4, -0.2) is 9.38 Å². The molecule has 0 spiro atoms. The first-order chi connectivity index (χ1) is 8.20. The van der Waals surface area contributed by atoms with Crippen LogP contribution in [-0.2, 0) is 6.54 Å². The Morgan fingerprint density at radius 3 is 2.82 bits per heavy atom. The third kappa shape index (κ3) is 1.43. The molecule has 0 bridgehead atoms. The number of pyridine rings is 1. The van der Waals surface area contributed by atoms with Gasteiger partial charge in [-0.25, -0.2) is 4.98 Å². The maximum Gasteiger partial charge on any atom is 0.137 e. The van der Waals surface area contributed by atoms with Crippen molar-refractivity contribution in [1.82, 2.24) is 9.38 Å². The number of hydrogen-bond donors (Lipinski definition) is 1. The summed E-state index contributed by atoms with van der Waals surface area (Å²) in [6.07, 6.45) is 1.86. The van der Waals surface area contributed by atoms with E-state index in [4.69, 9.17) is 5.73 Å². The third-order valence-electron chi connectivity index (χ3n) is 3.23. The van der Waals surface area contributed by atoms with E-state index >= 15 is 0 Å². The Kier molecular flexibility index (Phi) is 2.16. The van der Waals surface area contributed by atoms with E-state index in [1.54, 1.807) is 0 Å². The van der Waals surface area contributed by atoms with Gasteiger partial charge >= 0.3 is 0 Å². The van der Waals surface area contributed by atoms with E-state index in [2.05, 4.69) is 47.5 Å². The van der Waals surface area contributed by atoms with Crippen molar-refractivity contribution in [2.45, 2.75) is 20.4 Å². The van der Waals surface area contributed by atoms with Crippen molar-refractivity contribution in [2.75, 3.05) is 0 Å². The fraction of sp³-hybridized carbons (Fsp3) is 0.214. The van der Waals surface area contributed by atoms with Crippen molar-refractivity contribution in [1.29, 1.82) is 0 Å². The number of nitrogens with two attached hydrogens (primary N) is 1. The molecule has 3 rings (SSSR count). The summed E-state index contributed by atoms with van der Waals surface area (Å²) in [6.45, 7) is 4.74. The SMILES string of the molecule is Cc1ccc2c(c1)c(C)cc1ncc(CN)n12. The molecule has 3 aromatic rings. The molecule has 0 unspecified atom stereocenters. The van der Waals surface area contributed by atoms with Crippen molar-refractivity contribution in [3.05, 3.63) is 47.3 Å². The van der Waals surface area contributed by atoms with E-state index in [0.717, 1.165) is 11.3 Å². The van der Waals surface area contributed by atoms with Crippen LogP contribution in [0.4, 0.5) is 0 Å². The maximum atomic E-state index is 5.76. The molecule has 0 amide bonds. The summed E-state index contributed by atoms with van der Waals surface area (Å²) in [6, 6.07) is 8.60. The number of hydrogen-bond acceptors (Lipinski definition) is 2.